The number of hydrogen-bond donors (Lipinski definition) is 3. The van der Waals surface area contributed by atoms with Crippen molar-refractivity contribution in [2.75, 3.05) is 33.7 Å². The van der Waals surface area contributed by atoms with Crippen LogP contribution >= 0.6 is 0 Å². The Morgan fingerprint density at radius 1 is 1.26 bits per heavy atom. The molecule has 1 fully saturated rings. The number of aliphatic carboxylic acids is 1. The summed E-state index contributed by atoms with van der Waals surface area (Å²) in [7, 11) is 3.24. The van der Waals surface area contributed by atoms with Crippen LogP contribution in [0.4, 0.5) is 9.59 Å². The first-order chi connectivity index (χ1) is 8.93. The lowest BCUT2D eigenvalue weighted by Crippen LogP contribution is -2.48. The van der Waals surface area contributed by atoms with E-state index < -0.39 is 18.0 Å². The monoisotopic (exact) mass is 272 g/mol. The van der Waals surface area contributed by atoms with Crippen molar-refractivity contribution in [1.82, 2.24) is 20.4 Å². The van der Waals surface area contributed by atoms with Crippen molar-refractivity contribution in [2.45, 2.75) is 18.9 Å². The molecule has 0 aliphatic carbocycles. The minimum Gasteiger partial charge on any atom is -0.480 e. The summed E-state index contributed by atoms with van der Waals surface area (Å²) in [5.41, 5.74) is 0. The zero-order valence-corrected chi connectivity index (χ0v) is 11.2. The minimum atomic E-state index is -0.978. The van der Waals surface area contributed by atoms with Gasteiger partial charge in [-0.3, -0.25) is 0 Å². The number of hydrogen-bond acceptors (Lipinski definition) is 3. The number of likely N-dealkylation sites (tertiary alicyclic amines) is 1. The number of rotatable bonds is 4. The zero-order valence-electron chi connectivity index (χ0n) is 11.2. The molecule has 1 aliphatic heterocycles. The topological polar surface area (TPSA) is 102 Å². The van der Waals surface area contributed by atoms with Crippen molar-refractivity contribution < 1.29 is 19.5 Å². The van der Waals surface area contributed by atoms with E-state index in [0.29, 0.717) is 25.9 Å². The van der Waals surface area contributed by atoms with E-state index in [9.17, 15) is 14.4 Å². The fourth-order valence-corrected chi connectivity index (χ4v) is 1.87. The fraction of sp³-hybridized carbons (Fsp3) is 0.727. The molecule has 0 aromatic carbocycles. The lowest BCUT2D eigenvalue weighted by Gasteiger charge is -2.22. The molecule has 8 nitrogen and oxygen atoms in total. The molecule has 4 amide bonds. The van der Waals surface area contributed by atoms with Gasteiger partial charge in [0.1, 0.15) is 6.04 Å². The van der Waals surface area contributed by atoms with Gasteiger partial charge in [-0.2, -0.15) is 0 Å². The molecule has 0 unspecified atom stereocenters. The summed E-state index contributed by atoms with van der Waals surface area (Å²) in [6.45, 7) is 1.02. The van der Waals surface area contributed by atoms with Gasteiger partial charge in [0, 0.05) is 33.7 Å². The third kappa shape index (κ3) is 4.31. The summed E-state index contributed by atoms with van der Waals surface area (Å²) in [5, 5.41) is 14.1. The standard InChI is InChI=1S/C11H20N4O4/c1-14(2)10(18)12-5-6-13-11(19)15-7-3-4-8(15)9(16)17/h8H,3-7H2,1-2H3,(H,12,18)(H,13,19)(H,16,17)/t8-/m0/s1. The van der Waals surface area contributed by atoms with Crippen molar-refractivity contribution in [2.24, 2.45) is 0 Å². The Balaban J connectivity index is 2.28. The van der Waals surface area contributed by atoms with Crippen molar-refractivity contribution in [3.8, 4) is 0 Å². The van der Waals surface area contributed by atoms with Crippen molar-refractivity contribution in [3.05, 3.63) is 0 Å². The van der Waals surface area contributed by atoms with E-state index in [-0.39, 0.29) is 12.6 Å². The highest BCUT2D eigenvalue weighted by molar-refractivity contribution is 5.83. The van der Waals surface area contributed by atoms with E-state index >= 15 is 0 Å². The Kier molecular flexibility index (Phi) is 5.40. The summed E-state index contributed by atoms with van der Waals surface area (Å²) in [5.74, 6) is -0.978. The van der Waals surface area contributed by atoms with Crippen LogP contribution < -0.4 is 10.6 Å². The summed E-state index contributed by atoms with van der Waals surface area (Å²) in [6, 6.07) is -1.38. The molecule has 1 saturated heterocycles. The normalized spacial score (nSPS) is 18.0. The van der Waals surface area contributed by atoms with Crippen molar-refractivity contribution >= 4 is 18.0 Å². The first-order valence-electron chi connectivity index (χ1n) is 6.16. The summed E-state index contributed by atoms with van der Waals surface area (Å²) in [4.78, 5) is 36.6. The van der Waals surface area contributed by atoms with Gasteiger partial charge in [0.15, 0.2) is 0 Å². The van der Waals surface area contributed by atoms with Crippen molar-refractivity contribution in [3.63, 3.8) is 0 Å². The quantitative estimate of drug-likeness (QED) is 0.601. The fourth-order valence-electron chi connectivity index (χ4n) is 1.87. The van der Waals surface area contributed by atoms with Crippen LogP contribution in [0.2, 0.25) is 0 Å². The maximum Gasteiger partial charge on any atom is 0.326 e. The predicted octanol–water partition coefficient (Wildman–Crippen LogP) is -0.484. The van der Waals surface area contributed by atoms with Crippen LogP contribution in [0.3, 0.4) is 0 Å². The number of nitrogens with zero attached hydrogens (tertiary/aromatic N) is 2. The molecule has 108 valence electrons. The summed E-state index contributed by atoms with van der Waals surface area (Å²) >= 11 is 0. The van der Waals surface area contributed by atoms with E-state index in [1.807, 2.05) is 0 Å². The highest BCUT2D eigenvalue weighted by atomic mass is 16.4. The Morgan fingerprint density at radius 2 is 1.89 bits per heavy atom. The third-order valence-corrected chi connectivity index (χ3v) is 2.88. The second-order valence-corrected chi connectivity index (χ2v) is 4.55. The first kappa shape index (κ1) is 15.1. The maximum atomic E-state index is 11.8. The van der Waals surface area contributed by atoms with Gasteiger partial charge in [-0.25, -0.2) is 14.4 Å². The summed E-state index contributed by atoms with van der Waals surface area (Å²) in [6.07, 6.45) is 1.18. The number of carbonyl (C=O) groups excluding carboxylic acids is 2. The van der Waals surface area contributed by atoms with Crippen LogP contribution in [0.15, 0.2) is 0 Å². The molecule has 0 saturated carbocycles. The smallest absolute Gasteiger partial charge is 0.326 e. The van der Waals surface area contributed by atoms with Gasteiger partial charge in [0.05, 0.1) is 0 Å². The second-order valence-electron chi connectivity index (χ2n) is 4.55. The Morgan fingerprint density at radius 3 is 2.47 bits per heavy atom. The molecule has 19 heavy (non-hydrogen) atoms. The van der Waals surface area contributed by atoms with Crippen LogP contribution in [-0.4, -0.2) is 72.7 Å². The molecule has 0 aromatic rings. The Bertz CT molecular complexity index is 359. The van der Waals surface area contributed by atoms with Gasteiger partial charge < -0.3 is 25.5 Å². The highest BCUT2D eigenvalue weighted by Crippen LogP contribution is 2.16. The van der Waals surface area contributed by atoms with Crippen molar-refractivity contribution in [1.29, 1.82) is 0 Å². The third-order valence-electron chi connectivity index (χ3n) is 2.88. The van der Waals surface area contributed by atoms with Gasteiger partial charge in [-0.1, -0.05) is 0 Å². The minimum absolute atomic E-state index is 0.237. The SMILES string of the molecule is CN(C)C(=O)NCCNC(=O)N1CCC[C@H]1C(=O)O. The molecule has 1 aliphatic rings. The van der Waals surface area contributed by atoms with Crippen LogP contribution in [0.25, 0.3) is 0 Å². The lowest BCUT2D eigenvalue weighted by atomic mass is 10.2. The molecule has 0 spiro atoms. The number of amides is 4. The number of carboxylic acid groups (broad SMARTS) is 1. The van der Waals surface area contributed by atoms with Crippen LogP contribution in [0.5, 0.6) is 0 Å². The lowest BCUT2D eigenvalue weighted by molar-refractivity contribution is -0.141. The van der Waals surface area contributed by atoms with Gasteiger partial charge in [-0.05, 0) is 12.8 Å². The Hall–Kier alpha value is -1.99. The molecule has 1 rings (SSSR count). The molecular weight excluding hydrogens is 252 g/mol. The average Bonchev–Trinajstić information content (AvgIpc) is 2.83. The number of carboxylic acids is 1. The van der Waals surface area contributed by atoms with Gasteiger partial charge in [-0.15, -0.1) is 0 Å². The number of urea groups is 2. The molecule has 1 atom stereocenters. The van der Waals surface area contributed by atoms with E-state index in [4.69, 9.17) is 5.11 Å². The van der Waals surface area contributed by atoms with E-state index in [0.717, 1.165) is 0 Å². The number of carbonyl (C=O) groups is 3. The predicted molar refractivity (Wildman–Crippen MR) is 67.8 cm³/mol. The molecule has 8 heteroatoms. The van der Waals surface area contributed by atoms with Gasteiger partial charge in [0.2, 0.25) is 0 Å². The number of nitrogens with one attached hydrogen (secondary N) is 2. The van der Waals surface area contributed by atoms with Crippen LogP contribution in [0, 0.1) is 0 Å². The van der Waals surface area contributed by atoms with Gasteiger partial charge >= 0.3 is 18.0 Å². The van der Waals surface area contributed by atoms with Crippen LogP contribution in [0.1, 0.15) is 12.8 Å². The molecule has 0 radical (unpaired) electrons. The average molecular weight is 272 g/mol. The first-order valence-corrected chi connectivity index (χ1v) is 6.16. The Labute approximate surface area is 111 Å². The molecule has 1 heterocycles. The van der Waals surface area contributed by atoms with Gasteiger partial charge in [0.25, 0.3) is 0 Å². The van der Waals surface area contributed by atoms with E-state index in [1.165, 1.54) is 9.80 Å². The second kappa shape index (κ2) is 6.81. The molecular formula is C11H20N4O4. The van der Waals surface area contributed by atoms with Crippen LogP contribution in [-0.2, 0) is 4.79 Å². The maximum absolute atomic E-state index is 11.8. The molecule has 3 N–H and O–H groups in total. The molecule has 0 bridgehead atoms. The summed E-state index contributed by atoms with van der Waals surface area (Å²) < 4.78 is 0. The highest BCUT2D eigenvalue weighted by Gasteiger charge is 2.33. The zero-order chi connectivity index (χ0) is 14.4. The largest absolute Gasteiger partial charge is 0.480 e. The van der Waals surface area contributed by atoms with E-state index in [1.54, 1.807) is 14.1 Å². The van der Waals surface area contributed by atoms with E-state index in [2.05, 4.69) is 10.6 Å². The molecule has 0 aromatic heterocycles.